The zero-order chi connectivity index (χ0) is 19.6. The maximum atomic E-state index is 12.7. The van der Waals surface area contributed by atoms with Gasteiger partial charge < -0.3 is 14.0 Å². The Hall–Kier alpha value is -2.38. The molecule has 0 radical (unpaired) electrons. The third-order valence-electron chi connectivity index (χ3n) is 4.11. The van der Waals surface area contributed by atoms with Gasteiger partial charge in [-0.2, -0.15) is 4.99 Å². The fourth-order valence-electron chi connectivity index (χ4n) is 2.77. The van der Waals surface area contributed by atoms with Gasteiger partial charge in [0.25, 0.3) is 5.91 Å². The number of thiazole rings is 1. The van der Waals surface area contributed by atoms with Crippen molar-refractivity contribution in [2.24, 2.45) is 12.0 Å². The number of hydrogen-bond acceptors (Lipinski definition) is 4. The highest BCUT2D eigenvalue weighted by atomic mass is 79.9. The summed E-state index contributed by atoms with van der Waals surface area (Å²) in [7, 11) is 5.01. The fourth-order valence-corrected chi connectivity index (χ4v) is 4.02. The Morgan fingerprint density at radius 3 is 2.22 bits per heavy atom. The van der Waals surface area contributed by atoms with Crippen LogP contribution in [0.5, 0.6) is 11.5 Å². The van der Waals surface area contributed by atoms with E-state index in [1.54, 1.807) is 32.4 Å². The summed E-state index contributed by atoms with van der Waals surface area (Å²) in [6.07, 6.45) is 0. The number of amides is 1. The molecule has 1 heterocycles. The molecule has 140 valence electrons. The molecule has 27 heavy (non-hydrogen) atoms. The number of carbonyl (C=O) groups is 1. The van der Waals surface area contributed by atoms with E-state index in [9.17, 15) is 4.79 Å². The van der Waals surface area contributed by atoms with E-state index in [0.29, 0.717) is 21.9 Å². The highest BCUT2D eigenvalue weighted by molar-refractivity contribution is 9.10. The molecule has 0 spiro atoms. The third-order valence-corrected chi connectivity index (χ3v) is 5.69. The van der Waals surface area contributed by atoms with Crippen molar-refractivity contribution in [3.05, 3.63) is 62.2 Å². The van der Waals surface area contributed by atoms with Crippen LogP contribution in [0.2, 0.25) is 0 Å². The van der Waals surface area contributed by atoms with Crippen LogP contribution in [0.3, 0.4) is 0 Å². The molecule has 0 fully saturated rings. The number of aryl methyl sites for hydroxylation is 1. The van der Waals surface area contributed by atoms with E-state index in [4.69, 9.17) is 9.47 Å². The van der Waals surface area contributed by atoms with Crippen molar-refractivity contribution in [1.29, 1.82) is 0 Å². The molecule has 3 aromatic rings. The summed E-state index contributed by atoms with van der Waals surface area (Å²) >= 11 is 4.94. The average molecular weight is 447 g/mol. The Bertz CT molecular complexity index is 1030. The highest BCUT2D eigenvalue weighted by Crippen LogP contribution is 2.26. The lowest BCUT2D eigenvalue weighted by Crippen LogP contribution is -2.14. The number of rotatable bonds is 4. The number of ether oxygens (including phenoxy) is 2. The second kappa shape index (κ2) is 8.10. The second-order valence-corrected chi connectivity index (χ2v) is 7.97. The number of halogens is 1. The number of nitrogens with zero attached hydrogens (tertiary/aromatic N) is 2. The maximum Gasteiger partial charge on any atom is 0.279 e. The van der Waals surface area contributed by atoms with Gasteiger partial charge in [-0.3, -0.25) is 4.79 Å². The van der Waals surface area contributed by atoms with E-state index >= 15 is 0 Å². The molecular weight excluding hydrogens is 428 g/mol. The minimum Gasteiger partial charge on any atom is -0.497 e. The molecule has 0 unspecified atom stereocenters. The Morgan fingerprint density at radius 2 is 1.67 bits per heavy atom. The molecule has 5 nitrogen and oxygen atoms in total. The molecule has 3 rings (SSSR count). The lowest BCUT2D eigenvalue weighted by atomic mass is 10.1. The summed E-state index contributed by atoms with van der Waals surface area (Å²) in [4.78, 5) is 18.8. The minimum absolute atomic E-state index is 0.341. The Morgan fingerprint density at radius 1 is 1.07 bits per heavy atom. The SMILES string of the molecule is COc1cc(OC)cc(C(=O)N=c2sc(C)c(-c3ccc(Br)cc3)n2C)c1. The molecule has 7 heteroatoms. The zero-order valence-electron chi connectivity index (χ0n) is 15.4. The molecule has 0 aliphatic rings. The van der Waals surface area contributed by atoms with Gasteiger partial charge in [0, 0.05) is 28.0 Å². The molecule has 0 atom stereocenters. The maximum absolute atomic E-state index is 12.7. The molecular formula is C20H19BrN2O3S. The van der Waals surface area contributed by atoms with E-state index in [-0.39, 0.29) is 5.91 Å². The van der Waals surface area contributed by atoms with Gasteiger partial charge in [0.1, 0.15) is 11.5 Å². The number of hydrogen-bond donors (Lipinski definition) is 0. The average Bonchev–Trinajstić information content (AvgIpc) is 2.95. The summed E-state index contributed by atoms with van der Waals surface area (Å²) in [5.41, 5.74) is 2.54. The molecule has 1 aromatic heterocycles. The van der Waals surface area contributed by atoms with Crippen molar-refractivity contribution in [3.63, 3.8) is 0 Å². The monoisotopic (exact) mass is 446 g/mol. The molecule has 0 N–H and O–H groups in total. The van der Waals surface area contributed by atoms with Crippen molar-refractivity contribution in [3.8, 4) is 22.8 Å². The van der Waals surface area contributed by atoms with Crippen LogP contribution in [-0.2, 0) is 7.05 Å². The van der Waals surface area contributed by atoms with Gasteiger partial charge in [-0.1, -0.05) is 28.1 Å². The van der Waals surface area contributed by atoms with Crippen LogP contribution in [0.15, 0.2) is 51.9 Å². The number of carbonyl (C=O) groups excluding carboxylic acids is 1. The van der Waals surface area contributed by atoms with Crippen molar-refractivity contribution in [2.75, 3.05) is 14.2 Å². The topological polar surface area (TPSA) is 52.8 Å². The van der Waals surface area contributed by atoms with Gasteiger partial charge in [-0.25, -0.2) is 0 Å². The third kappa shape index (κ3) is 4.14. The van der Waals surface area contributed by atoms with Crippen molar-refractivity contribution >= 4 is 33.2 Å². The predicted octanol–water partition coefficient (Wildman–Crippen LogP) is 4.58. The largest absolute Gasteiger partial charge is 0.497 e. The normalized spacial score (nSPS) is 11.5. The lowest BCUT2D eigenvalue weighted by Gasteiger charge is -2.06. The number of benzene rings is 2. The molecule has 2 aromatic carbocycles. The summed E-state index contributed by atoms with van der Waals surface area (Å²) in [5.74, 6) is 0.761. The molecule has 0 bridgehead atoms. The van der Waals surface area contributed by atoms with Crippen LogP contribution in [0.1, 0.15) is 15.2 Å². The number of methoxy groups -OCH3 is 2. The van der Waals surface area contributed by atoms with E-state index in [2.05, 4.69) is 20.9 Å². The summed E-state index contributed by atoms with van der Waals surface area (Å²) in [5, 5.41) is 0. The Kier molecular flexibility index (Phi) is 5.82. The van der Waals surface area contributed by atoms with Gasteiger partial charge >= 0.3 is 0 Å². The lowest BCUT2D eigenvalue weighted by molar-refractivity contribution is 0.0997. The van der Waals surface area contributed by atoms with Crippen molar-refractivity contribution in [1.82, 2.24) is 4.57 Å². The first kappa shape index (κ1) is 19.4. The predicted molar refractivity (Wildman–Crippen MR) is 111 cm³/mol. The molecule has 0 saturated heterocycles. The van der Waals surface area contributed by atoms with E-state index in [1.807, 2.05) is 42.8 Å². The highest BCUT2D eigenvalue weighted by Gasteiger charge is 2.13. The van der Waals surface area contributed by atoms with Crippen LogP contribution in [0, 0.1) is 6.92 Å². The first-order valence-electron chi connectivity index (χ1n) is 8.17. The Labute approximate surface area is 170 Å². The van der Waals surface area contributed by atoms with E-state index in [0.717, 1.165) is 20.6 Å². The van der Waals surface area contributed by atoms with Crippen molar-refractivity contribution in [2.45, 2.75) is 6.92 Å². The molecule has 0 saturated carbocycles. The van der Waals surface area contributed by atoms with Gasteiger partial charge in [-0.15, -0.1) is 11.3 Å². The first-order valence-corrected chi connectivity index (χ1v) is 9.78. The zero-order valence-corrected chi connectivity index (χ0v) is 17.8. The standard InChI is InChI=1S/C20H19BrN2O3S/c1-12-18(13-5-7-15(21)8-6-13)23(2)20(27-12)22-19(24)14-9-16(25-3)11-17(10-14)26-4/h5-11H,1-4H3. The summed E-state index contributed by atoms with van der Waals surface area (Å²) < 4.78 is 13.4. The van der Waals surface area contributed by atoms with Crippen LogP contribution in [0.4, 0.5) is 0 Å². The second-order valence-electron chi connectivity index (χ2n) is 5.87. The van der Waals surface area contributed by atoms with Gasteiger partial charge in [0.15, 0.2) is 4.80 Å². The molecule has 0 aliphatic carbocycles. The fraction of sp³-hybridized carbons (Fsp3) is 0.200. The molecule has 1 amide bonds. The summed E-state index contributed by atoms with van der Waals surface area (Å²) in [6.45, 7) is 2.03. The van der Waals surface area contributed by atoms with E-state index in [1.165, 1.54) is 11.3 Å². The quantitative estimate of drug-likeness (QED) is 0.588. The van der Waals surface area contributed by atoms with Crippen LogP contribution >= 0.6 is 27.3 Å². The van der Waals surface area contributed by atoms with Crippen LogP contribution < -0.4 is 14.3 Å². The van der Waals surface area contributed by atoms with E-state index < -0.39 is 0 Å². The van der Waals surface area contributed by atoms with Gasteiger partial charge in [0.05, 0.1) is 19.9 Å². The van der Waals surface area contributed by atoms with Gasteiger partial charge in [0.2, 0.25) is 0 Å². The smallest absolute Gasteiger partial charge is 0.279 e. The van der Waals surface area contributed by atoms with Gasteiger partial charge in [-0.05, 0) is 36.8 Å². The van der Waals surface area contributed by atoms with Crippen molar-refractivity contribution < 1.29 is 14.3 Å². The summed E-state index contributed by atoms with van der Waals surface area (Å²) in [6, 6.07) is 13.1. The van der Waals surface area contributed by atoms with Crippen LogP contribution in [0.25, 0.3) is 11.3 Å². The Balaban J connectivity index is 2.04. The minimum atomic E-state index is -0.341. The molecule has 0 aliphatic heterocycles. The van der Waals surface area contributed by atoms with Crippen LogP contribution in [-0.4, -0.2) is 24.7 Å². The number of aromatic nitrogens is 1. The first-order chi connectivity index (χ1) is 12.9.